The second-order valence-corrected chi connectivity index (χ2v) is 9.06. The van der Waals surface area contributed by atoms with E-state index in [1.165, 1.54) is 4.90 Å². The van der Waals surface area contributed by atoms with E-state index in [9.17, 15) is 19.5 Å². The molecule has 1 fully saturated rings. The molecule has 2 atom stereocenters. The van der Waals surface area contributed by atoms with Gasteiger partial charge < -0.3 is 24.8 Å². The van der Waals surface area contributed by atoms with Gasteiger partial charge >= 0.3 is 12.1 Å². The van der Waals surface area contributed by atoms with Crippen LogP contribution in [0.4, 0.5) is 4.79 Å². The summed E-state index contributed by atoms with van der Waals surface area (Å²) >= 11 is 0. The van der Waals surface area contributed by atoms with Gasteiger partial charge in [-0.2, -0.15) is 0 Å². The molecule has 4 rings (SSSR count). The van der Waals surface area contributed by atoms with Crippen LogP contribution in [0.5, 0.6) is 0 Å². The number of unbranched alkanes of at least 4 members (excludes halogenated alkanes) is 1. The number of rotatable bonds is 8. The molecule has 2 amide bonds. The highest BCUT2D eigenvalue weighted by Crippen LogP contribution is 2.44. The predicted molar refractivity (Wildman–Crippen MR) is 130 cm³/mol. The number of nitrogens with zero attached hydrogens (tertiary/aromatic N) is 1. The molecule has 35 heavy (non-hydrogen) atoms. The first-order valence-electron chi connectivity index (χ1n) is 12.2. The van der Waals surface area contributed by atoms with Gasteiger partial charge in [0.1, 0.15) is 12.6 Å². The highest BCUT2D eigenvalue weighted by atomic mass is 16.5. The molecule has 8 heteroatoms. The minimum absolute atomic E-state index is 0.0587. The van der Waals surface area contributed by atoms with Crippen molar-refractivity contribution in [1.29, 1.82) is 0 Å². The number of ether oxygens (including phenoxy) is 2. The van der Waals surface area contributed by atoms with Gasteiger partial charge in [-0.1, -0.05) is 68.3 Å². The minimum atomic E-state index is -1.00. The molecule has 0 bridgehead atoms. The van der Waals surface area contributed by atoms with Crippen LogP contribution in [-0.4, -0.2) is 66.9 Å². The number of carboxylic acids is 1. The normalized spacial score (nSPS) is 18.2. The number of amides is 2. The molecule has 0 saturated carbocycles. The summed E-state index contributed by atoms with van der Waals surface area (Å²) in [4.78, 5) is 39.0. The average Bonchev–Trinajstić information content (AvgIpc) is 3.00. The van der Waals surface area contributed by atoms with E-state index < -0.39 is 24.0 Å². The molecule has 1 aliphatic carbocycles. The van der Waals surface area contributed by atoms with Crippen molar-refractivity contribution < 1.29 is 29.0 Å². The number of carbonyl (C=O) groups excluding carboxylic acids is 2. The van der Waals surface area contributed by atoms with Crippen LogP contribution < -0.4 is 5.32 Å². The quantitative estimate of drug-likeness (QED) is 0.598. The molecular weight excluding hydrogens is 448 g/mol. The zero-order chi connectivity index (χ0) is 24.8. The Morgan fingerprint density at radius 3 is 2.40 bits per heavy atom. The summed E-state index contributed by atoms with van der Waals surface area (Å²) in [5.74, 6) is -2.16. The summed E-state index contributed by atoms with van der Waals surface area (Å²) in [5, 5.41) is 12.1. The molecular formula is C27H32N2O6. The Kier molecular flexibility index (Phi) is 8.02. The van der Waals surface area contributed by atoms with E-state index in [4.69, 9.17) is 9.47 Å². The Bertz CT molecular complexity index is 1030. The highest BCUT2D eigenvalue weighted by molar-refractivity contribution is 5.86. The standard InChI is InChI=1S/C27H32N2O6/c1-2-3-12-24(25(30)29-13-14-34-16-18(15-29)26(31)32)28-27(33)35-17-23-21-10-6-4-8-19(21)20-9-5-7-11-22(20)23/h4-11,18,23-24H,2-3,12-17H2,1H3,(H,28,33)(H,31,32)/t18?,24-/m0/s1. The van der Waals surface area contributed by atoms with Crippen molar-refractivity contribution in [2.75, 3.05) is 32.9 Å². The Labute approximate surface area is 205 Å². The number of alkyl carbamates (subject to hydrolysis) is 1. The maximum atomic E-state index is 13.3. The molecule has 2 aliphatic rings. The van der Waals surface area contributed by atoms with E-state index in [1.54, 1.807) is 0 Å². The fourth-order valence-corrected chi connectivity index (χ4v) is 4.83. The minimum Gasteiger partial charge on any atom is -0.481 e. The number of hydrogen-bond donors (Lipinski definition) is 2. The molecule has 1 unspecified atom stereocenters. The van der Waals surface area contributed by atoms with Crippen LogP contribution in [0.25, 0.3) is 11.1 Å². The van der Waals surface area contributed by atoms with Crippen molar-refractivity contribution in [2.24, 2.45) is 5.92 Å². The van der Waals surface area contributed by atoms with Crippen LogP contribution in [0.2, 0.25) is 0 Å². The number of fused-ring (bicyclic) bond motifs is 3. The van der Waals surface area contributed by atoms with Gasteiger partial charge in [0.25, 0.3) is 0 Å². The lowest BCUT2D eigenvalue weighted by Crippen LogP contribution is -2.50. The van der Waals surface area contributed by atoms with Crippen molar-refractivity contribution in [2.45, 2.75) is 38.1 Å². The van der Waals surface area contributed by atoms with Crippen molar-refractivity contribution in [3.05, 3.63) is 59.7 Å². The van der Waals surface area contributed by atoms with E-state index in [2.05, 4.69) is 29.6 Å². The monoisotopic (exact) mass is 480 g/mol. The van der Waals surface area contributed by atoms with Gasteiger partial charge in [0.05, 0.1) is 19.1 Å². The van der Waals surface area contributed by atoms with Gasteiger partial charge in [-0.3, -0.25) is 9.59 Å². The Morgan fingerprint density at radius 2 is 1.77 bits per heavy atom. The molecule has 186 valence electrons. The fraction of sp³-hybridized carbons (Fsp3) is 0.444. The summed E-state index contributed by atoms with van der Waals surface area (Å²) in [6.07, 6.45) is 1.40. The Hall–Kier alpha value is -3.39. The number of nitrogens with one attached hydrogen (secondary N) is 1. The Morgan fingerprint density at radius 1 is 1.11 bits per heavy atom. The van der Waals surface area contributed by atoms with E-state index in [1.807, 2.05) is 31.2 Å². The van der Waals surface area contributed by atoms with Crippen LogP contribution in [-0.2, 0) is 19.1 Å². The van der Waals surface area contributed by atoms with Gasteiger partial charge in [-0.15, -0.1) is 0 Å². The predicted octanol–water partition coefficient (Wildman–Crippen LogP) is 3.64. The van der Waals surface area contributed by atoms with Crippen LogP contribution >= 0.6 is 0 Å². The molecule has 1 heterocycles. The summed E-state index contributed by atoms with van der Waals surface area (Å²) in [6, 6.07) is 15.4. The molecule has 2 aromatic carbocycles. The Balaban J connectivity index is 1.42. The van der Waals surface area contributed by atoms with Gasteiger partial charge in [0.15, 0.2) is 0 Å². The van der Waals surface area contributed by atoms with Gasteiger partial charge in [0, 0.05) is 19.0 Å². The summed E-state index contributed by atoms with van der Waals surface area (Å²) in [5.41, 5.74) is 4.52. The molecule has 1 aliphatic heterocycles. The smallest absolute Gasteiger partial charge is 0.407 e. The molecule has 8 nitrogen and oxygen atoms in total. The van der Waals surface area contributed by atoms with E-state index in [-0.39, 0.29) is 44.7 Å². The number of benzene rings is 2. The topological polar surface area (TPSA) is 105 Å². The number of carbonyl (C=O) groups is 3. The molecule has 2 aromatic rings. The molecule has 0 radical (unpaired) electrons. The molecule has 0 aromatic heterocycles. The third-order valence-corrected chi connectivity index (χ3v) is 6.71. The van der Waals surface area contributed by atoms with Crippen molar-refractivity contribution in [3.8, 4) is 11.1 Å². The SMILES string of the molecule is CCCC[C@H](NC(=O)OCC1c2ccccc2-c2ccccc21)C(=O)N1CCOCC(C(=O)O)C1. The summed E-state index contributed by atoms with van der Waals surface area (Å²) in [6.45, 7) is 2.85. The van der Waals surface area contributed by atoms with Crippen LogP contribution in [0.3, 0.4) is 0 Å². The first kappa shape index (κ1) is 24.7. The van der Waals surface area contributed by atoms with Crippen molar-refractivity contribution in [3.63, 3.8) is 0 Å². The summed E-state index contributed by atoms with van der Waals surface area (Å²) in [7, 11) is 0. The van der Waals surface area contributed by atoms with Crippen LogP contribution in [0.1, 0.15) is 43.2 Å². The molecule has 2 N–H and O–H groups in total. The number of carboxylic acid groups (broad SMARTS) is 1. The van der Waals surface area contributed by atoms with Crippen molar-refractivity contribution >= 4 is 18.0 Å². The zero-order valence-electron chi connectivity index (χ0n) is 19.9. The third kappa shape index (κ3) is 5.65. The largest absolute Gasteiger partial charge is 0.481 e. The van der Waals surface area contributed by atoms with Crippen molar-refractivity contribution in [1.82, 2.24) is 10.2 Å². The molecule has 1 saturated heterocycles. The van der Waals surface area contributed by atoms with E-state index >= 15 is 0 Å². The second-order valence-electron chi connectivity index (χ2n) is 9.06. The lowest BCUT2D eigenvalue weighted by atomic mass is 9.98. The first-order valence-corrected chi connectivity index (χ1v) is 12.2. The number of aliphatic carboxylic acids is 1. The van der Waals surface area contributed by atoms with E-state index in [0.717, 1.165) is 35.1 Å². The van der Waals surface area contributed by atoms with E-state index in [0.29, 0.717) is 6.42 Å². The first-order chi connectivity index (χ1) is 17.0. The summed E-state index contributed by atoms with van der Waals surface area (Å²) < 4.78 is 11.0. The lowest BCUT2D eigenvalue weighted by molar-refractivity contribution is -0.144. The molecule has 0 spiro atoms. The maximum absolute atomic E-state index is 13.3. The van der Waals surface area contributed by atoms with Crippen LogP contribution in [0.15, 0.2) is 48.5 Å². The highest BCUT2D eigenvalue weighted by Gasteiger charge is 2.33. The van der Waals surface area contributed by atoms with Crippen LogP contribution in [0, 0.1) is 5.92 Å². The van der Waals surface area contributed by atoms with Gasteiger partial charge in [0.2, 0.25) is 5.91 Å². The third-order valence-electron chi connectivity index (χ3n) is 6.71. The average molecular weight is 481 g/mol. The van der Waals surface area contributed by atoms with Gasteiger partial charge in [-0.05, 0) is 28.7 Å². The maximum Gasteiger partial charge on any atom is 0.407 e. The fourth-order valence-electron chi connectivity index (χ4n) is 4.83. The van der Waals surface area contributed by atoms with Gasteiger partial charge in [-0.25, -0.2) is 4.79 Å². The zero-order valence-corrected chi connectivity index (χ0v) is 19.9. The number of hydrogen-bond acceptors (Lipinski definition) is 5. The second kappa shape index (κ2) is 11.4. The lowest BCUT2D eigenvalue weighted by Gasteiger charge is -2.27.